The second-order valence-corrected chi connectivity index (χ2v) is 5.20. The van der Waals surface area contributed by atoms with Gasteiger partial charge >= 0.3 is 6.18 Å². The number of rotatable bonds is 1. The molecule has 0 saturated heterocycles. The highest BCUT2D eigenvalue weighted by atomic mass is 35.5. The zero-order chi connectivity index (χ0) is 14.3. The molecule has 0 fully saturated rings. The van der Waals surface area contributed by atoms with Crippen LogP contribution in [0.25, 0.3) is 0 Å². The van der Waals surface area contributed by atoms with Crippen molar-refractivity contribution in [2.45, 2.75) is 18.6 Å². The molecule has 2 aromatic rings. The summed E-state index contributed by atoms with van der Waals surface area (Å²) in [6.45, 7) is 0. The van der Waals surface area contributed by atoms with E-state index in [1.807, 2.05) is 12.1 Å². The van der Waals surface area contributed by atoms with Gasteiger partial charge in [-0.25, -0.2) is 0 Å². The third-order valence-corrected chi connectivity index (χ3v) is 3.80. The van der Waals surface area contributed by atoms with Gasteiger partial charge in [0.25, 0.3) is 0 Å². The van der Waals surface area contributed by atoms with Gasteiger partial charge in [-0.15, -0.1) is 0 Å². The largest absolute Gasteiger partial charge is 0.416 e. The second-order valence-electron chi connectivity index (χ2n) is 4.79. The second kappa shape index (κ2) is 4.70. The highest BCUT2D eigenvalue weighted by Gasteiger charge is 2.31. The van der Waals surface area contributed by atoms with Gasteiger partial charge in [0.2, 0.25) is 0 Å². The van der Waals surface area contributed by atoms with Crippen molar-refractivity contribution in [3.63, 3.8) is 0 Å². The third-order valence-electron chi connectivity index (χ3n) is 3.48. The maximum absolute atomic E-state index is 12.5. The summed E-state index contributed by atoms with van der Waals surface area (Å²) >= 11 is 6.10. The number of nitrogens with one attached hydrogen (secondary N) is 1. The molecular formula is C15H11ClF3N. The Morgan fingerprint density at radius 1 is 1.05 bits per heavy atom. The van der Waals surface area contributed by atoms with Crippen molar-refractivity contribution in [1.29, 1.82) is 0 Å². The van der Waals surface area contributed by atoms with Crippen LogP contribution in [0.1, 0.15) is 22.7 Å². The van der Waals surface area contributed by atoms with Gasteiger partial charge < -0.3 is 5.32 Å². The van der Waals surface area contributed by atoms with E-state index in [1.165, 1.54) is 12.1 Å². The highest BCUT2D eigenvalue weighted by Crippen LogP contribution is 2.39. The van der Waals surface area contributed by atoms with Crippen molar-refractivity contribution in [2.24, 2.45) is 0 Å². The fourth-order valence-electron chi connectivity index (χ4n) is 2.45. The first kappa shape index (κ1) is 13.3. The summed E-state index contributed by atoms with van der Waals surface area (Å²) in [6.07, 6.45) is -3.57. The van der Waals surface area contributed by atoms with E-state index < -0.39 is 11.7 Å². The number of benzene rings is 2. The molecule has 0 saturated carbocycles. The quantitative estimate of drug-likeness (QED) is 0.775. The number of anilines is 1. The monoisotopic (exact) mass is 297 g/mol. The normalized spacial score (nSPS) is 17.7. The lowest BCUT2D eigenvalue weighted by molar-refractivity contribution is -0.137. The smallest absolute Gasteiger partial charge is 0.376 e. The summed E-state index contributed by atoms with van der Waals surface area (Å²) in [5.74, 6) is 0. The Labute approximate surface area is 119 Å². The van der Waals surface area contributed by atoms with Gasteiger partial charge in [0.1, 0.15) is 0 Å². The first-order chi connectivity index (χ1) is 9.45. The molecule has 1 unspecified atom stereocenters. The molecule has 1 aliphatic rings. The topological polar surface area (TPSA) is 12.0 Å². The van der Waals surface area contributed by atoms with Crippen LogP contribution in [0.3, 0.4) is 0 Å². The van der Waals surface area contributed by atoms with Gasteiger partial charge in [-0.1, -0.05) is 35.9 Å². The average Bonchev–Trinajstić information content (AvgIpc) is 2.83. The molecule has 5 heteroatoms. The molecule has 0 spiro atoms. The number of alkyl halides is 3. The number of hydrogen-bond acceptors (Lipinski definition) is 1. The number of para-hydroxylation sites is 1. The molecule has 1 aliphatic heterocycles. The Hall–Kier alpha value is -1.68. The predicted octanol–water partition coefficient (Wildman–Crippen LogP) is 5.07. The fraction of sp³-hybridized carbons (Fsp3) is 0.200. The van der Waals surface area contributed by atoms with Crippen molar-refractivity contribution in [3.05, 3.63) is 64.2 Å². The summed E-state index contributed by atoms with van der Waals surface area (Å²) in [4.78, 5) is 0. The minimum atomic E-state index is -4.30. The number of halogens is 4. The highest BCUT2D eigenvalue weighted by molar-refractivity contribution is 6.33. The van der Waals surface area contributed by atoms with Gasteiger partial charge in [0.05, 0.1) is 22.3 Å². The van der Waals surface area contributed by atoms with Crippen LogP contribution in [-0.4, -0.2) is 0 Å². The van der Waals surface area contributed by atoms with E-state index in [9.17, 15) is 13.2 Å². The van der Waals surface area contributed by atoms with Gasteiger partial charge in [-0.2, -0.15) is 13.2 Å². The van der Waals surface area contributed by atoms with Crippen LogP contribution < -0.4 is 5.32 Å². The Balaban J connectivity index is 1.85. The van der Waals surface area contributed by atoms with Crippen molar-refractivity contribution in [1.82, 2.24) is 0 Å². The molecule has 0 aliphatic carbocycles. The predicted molar refractivity (Wildman–Crippen MR) is 73.0 cm³/mol. The van der Waals surface area contributed by atoms with Crippen LogP contribution in [0.5, 0.6) is 0 Å². The first-order valence-electron chi connectivity index (χ1n) is 6.16. The Morgan fingerprint density at radius 3 is 2.35 bits per heavy atom. The van der Waals surface area contributed by atoms with E-state index in [0.29, 0.717) is 5.02 Å². The zero-order valence-corrected chi connectivity index (χ0v) is 11.1. The summed E-state index contributed by atoms with van der Waals surface area (Å²) in [5.41, 5.74) is 2.15. The van der Waals surface area contributed by atoms with Crippen LogP contribution in [0.15, 0.2) is 42.5 Å². The van der Waals surface area contributed by atoms with Crippen LogP contribution in [0.2, 0.25) is 5.02 Å². The van der Waals surface area contributed by atoms with E-state index in [0.717, 1.165) is 35.4 Å². The van der Waals surface area contributed by atoms with E-state index in [-0.39, 0.29) is 6.04 Å². The van der Waals surface area contributed by atoms with Crippen LogP contribution in [-0.2, 0) is 12.6 Å². The summed E-state index contributed by atoms with van der Waals surface area (Å²) in [7, 11) is 0. The minimum absolute atomic E-state index is 0.0350. The summed E-state index contributed by atoms with van der Waals surface area (Å²) < 4.78 is 37.6. The Bertz CT molecular complexity index is 635. The standard InChI is InChI=1S/C15H11ClF3N/c16-12-3-1-2-10-8-13(20-14(10)12)9-4-6-11(7-5-9)15(17,18)19/h1-7,13,20H,8H2. The number of fused-ring (bicyclic) bond motifs is 1. The van der Waals surface area contributed by atoms with Crippen molar-refractivity contribution >= 4 is 17.3 Å². The van der Waals surface area contributed by atoms with Gasteiger partial charge in [0.15, 0.2) is 0 Å². The van der Waals surface area contributed by atoms with Crippen LogP contribution >= 0.6 is 11.6 Å². The third kappa shape index (κ3) is 2.36. The van der Waals surface area contributed by atoms with E-state index in [2.05, 4.69) is 5.32 Å². The van der Waals surface area contributed by atoms with Crippen LogP contribution in [0, 0.1) is 0 Å². The molecule has 104 valence electrons. The molecule has 1 heterocycles. The molecule has 1 atom stereocenters. The molecule has 2 aromatic carbocycles. The van der Waals surface area contributed by atoms with Crippen LogP contribution in [0.4, 0.5) is 18.9 Å². The van der Waals surface area contributed by atoms with E-state index >= 15 is 0 Å². The molecular weight excluding hydrogens is 287 g/mol. The molecule has 0 radical (unpaired) electrons. The van der Waals surface area contributed by atoms with E-state index in [1.54, 1.807) is 6.07 Å². The van der Waals surface area contributed by atoms with Gasteiger partial charge in [-0.3, -0.25) is 0 Å². The van der Waals surface area contributed by atoms with Crippen molar-refractivity contribution in [3.8, 4) is 0 Å². The molecule has 1 N–H and O–H groups in total. The molecule has 0 aromatic heterocycles. The first-order valence-corrected chi connectivity index (χ1v) is 6.54. The van der Waals surface area contributed by atoms with Crippen molar-refractivity contribution < 1.29 is 13.2 Å². The SMILES string of the molecule is FC(F)(F)c1ccc(C2Cc3cccc(Cl)c3N2)cc1. The molecule has 20 heavy (non-hydrogen) atoms. The molecule has 1 nitrogen and oxygen atoms in total. The van der Waals surface area contributed by atoms with Gasteiger partial charge in [0, 0.05) is 0 Å². The maximum Gasteiger partial charge on any atom is 0.416 e. The lowest BCUT2D eigenvalue weighted by atomic mass is 10.0. The number of hydrogen-bond donors (Lipinski definition) is 1. The average molecular weight is 298 g/mol. The van der Waals surface area contributed by atoms with E-state index in [4.69, 9.17) is 11.6 Å². The maximum atomic E-state index is 12.5. The van der Waals surface area contributed by atoms with Crippen molar-refractivity contribution in [2.75, 3.05) is 5.32 Å². The summed E-state index contributed by atoms with van der Waals surface area (Å²) in [5, 5.41) is 3.90. The lowest BCUT2D eigenvalue weighted by Crippen LogP contribution is -2.08. The Morgan fingerprint density at radius 2 is 1.75 bits per heavy atom. The molecule has 3 rings (SSSR count). The molecule has 0 amide bonds. The zero-order valence-electron chi connectivity index (χ0n) is 10.3. The fourth-order valence-corrected chi connectivity index (χ4v) is 2.70. The molecule has 0 bridgehead atoms. The lowest BCUT2D eigenvalue weighted by Gasteiger charge is -2.13. The Kier molecular flexibility index (Phi) is 3.13. The van der Waals surface area contributed by atoms with Gasteiger partial charge in [-0.05, 0) is 35.7 Å². The minimum Gasteiger partial charge on any atom is -0.376 e. The summed E-state index contributed by atoms with van der Waals surface area (Å²) in [6, 6.07) is 10.9.